The van der Waals surface area contributed by atoms with Crippen molar-refractivity contribution in [3.05, 3.63) is 82.0 Å². The summed E-state index contributed by atoms with van der Waals surface area (Å²) in [5.74, 6) is -2.50. The maximum absolute atomic E-state index is 13.0. The van der Waals surface area contributed by atoms with Crippen LogP contribution in [-0.2, 0) is 51.1 Å². The van der Waals surface area contributed by atoms with Gasteiger partial charge >= 0.3 is 30.1 Å². The van der Waals surface area contributed by atoms with Crippen LogP contribution < -0.4 is 5.32 Å². The van der Waals surface area contributed by atoms with Gasteiger partial charge in [0.05, 0.1) is 31.2 Å². The van der Waals surface area contributed by atoms with Gasteiger partial charge in [0.2, 0.25) is 0 Å². The number of halogens is 1. The molecule has 1 aliphatic rings. The lowest BCUT2D eigenvalue weighted by molar-refractivity contribution is -0.163. The quantitative estimate of drug-likeness (QED) is 0.169. The van der Waals surface area contributed by atoms with Crippen molar-refractivity contribution < 1.29 is 47.7 Å². The first-order valence-corrected chi connectivity index (χ1v) is 13.1. The van der Waals surface area contributed by atoms with Gasteiger partial charge in [-0.15, -0.1) is 0 Å². The van der Waals surface area contributed by atoms with Gasteiger partial charge in [-0.3, -0.25) is 19.8 Å². The van der Waals surface area contributed by atoms with Crippen molar-refractivity contribution in [1.82, 2.24) is 10.2 Å². The van der Waals surface area contributed by atoms with Crippen LogP contribution >= 0.6 is 15.9 Å². The van der Waals surface area contributed by atoms with Crippen LogP contribution in [0.5, 0.6) is 0 Å². The molecule has 2 aromatic carbocycles. The molecule has 0 spiro atoms. The van der Waals surface area contributed by atoms with Crippen molar-refractivity contribution in [2.75, 3.05) is 20.8 Å². The fourth-order valence-corrected chi connectivity index (χ4v) is 4.41. The van der Waals surface area contributed by atoms with E-state index in [9.17, 15) is 24.0 Å². The fourth-order valence-electron chi connectivity index (χ4n) is 3.79. The second-order valence-electron chi connectivity index (χ2n) is 8.74. The molecule has 0 unspecified atom stereocenters. The number of carbonyl (C=O) groups is 5. The summed E-state index contributed by atoms with van der Waals surface area (Å²) >= 11 is 3.22. The second-order valence-corrected chi connectivity index (χ2v) is 9.59. The van der Waals surface area contributed by atoms with Crippen LogP contribution in [-0.4, -0.2) is 74.0 Å². The number of alkyl carbamates (subject to hydrolysis) is 1. The number of carbonyl (C=O) groups excluding carboxylic acids is 5. The number of hydrogen-bond donors (Lipinski definition) is 1. The summed E-state index contributed by atoms with van der Waals surface area (Å²) in [5.41, 5.74) is 0.964. The highest BCUT2D eigenvalue weighted by Gasteiger charge is 2.52. The van der Waals surface area contributed by atoms with Crippen LogP contribution in [0.2, 0.25) is 0 Å². The summed E-state index contributed by atoms with van der Waals surface area (Å²) in [7, 11) is 2.16. The number of nitrogens with zero attached hydrogens (tertiary/aromatic N) is 1. The predicted octanol–water partition coefficient (Wildman–Crippen LogP) is 3.23. The normalized spacial score (nSPS) is 15.8. The zero-order valence-corrected chi connectivity index (χ0v) is 24.1. The van der Waals surface area contributed by atoms with Crippen molar-refractivity contribution >= 4 is 46.0 Å². The Morgan fingerprint density at radius 2 is 1.54 bits per heavy atom. The summed E-state index contributed by atoms with van der Waals surface area (Å²) in [6.45, 7) is 1.21. The maximum atomic E-state index is 13.0. The first kappa shape index (κ1) is 31.1. The Labute approximate surface area is 244 Å². The van der Waals surface area contributed by atoms with Crippen molar-refractivity contribution in [3.63, 3.8) is 0 Å². The molecule has 3 rings (SSSR count). The summed E-state index contributed by atoms with van der Waals surface area (Å²) in [6.07, 6.45) is -4.62. The fraction of sp³-hybridized carbons (Fsp3) is 0.321. The highest BCUT2D eigenvalue weighted by atomic mass is 79.9. The average Bonchev–Trinajstić information content (AvgIpc) is 3.77. The van der Waals surface area contributed by atoms with Gasteiger partial charge in [-0.2, -0.15) is 0 Å². The van der Waals surface area contributed by atoms with E-state index in [0.29, 0.717) is 5.56 Å². The molecule has 218 valence electrons. The number of methoxy groups -OCH3 is 2. The van der Waals surface area contributed by atoms with E-state index < -0.39 is 54.0 Å². The zero-order chi connectivity index (χ0) is 29.9. The zero-order valence-electron chi connectivity index (χ0n) is 22.5. The molecule has 41 heavy (non-hydrogen) atoms. The van der Waals surface area contributed by atoms with E-state index in [-0.39, 0.29) is 24.1 Å². The topological polar surface area (TPSA) is 147 Å². The third-order valence-corrected chi connectivity index (χ3v) is 6.66. The van der Waals surface area contributed by atoms with Crippen molar-refractivity contribution in [2.24, 2.45) is 0 Å². The minimum Gasteiger partial charge on any atom is -0.464 e. The largest absolute Gasteiger partial charge is 0.464 e. The molecule has 0 aliphatic carbocycles. The maximum Gasteiger partial charge on any atom is 0.411 e. The molecular formula is C28H29BrN2O10. The lowest BCUT2D eigenvalue weighted by Gasteiger charge is -2.27. The average molecular weight is 633 g/mol. The molecule has 0 bridgehead atoms. The minimum atomic E-state index is -1.48. The van der Waals surface area contributed by atoms with Gasteiger partial charge in [0, 0.05) is 13.5 Å². The molecule has 3 atom stereocenters. The molecule has 1 saturated heterocycles. The molecule has 1 aliphatic heterocycles. The number of amides is 2. The Hall–Kier alpha value is -4.39. The highest BCUT2D eigenvalue weighted by molar-refractivity contribution is 9.11. The van der Waals surface area contributed by atoms with Crippen LogP contribution in [0.3, 0.4) is 0 Å². The van der Waals surface area contributed by atoms with Gasteiger partial charge in [-0.1, -0.05) is 60.7 Å². The third kappa shape index (κ3) is 9.07. The standard InChI is InChI=1S/C28H29BrN2O10/c1-17(32)40-25(22(29)23(26(34)37-2)30-27(35)38-3)24(41-21(33)14-18-10-6-4-7-11-18)20-15-31(20)28(36)39-16-19-12-8-5-9-13-19/h4-13,20,24-25H,14-16H2,1-3H3,(H,30,35)/b23-22+/t20-,24+,25+,31?/m0/s1. The van der Waals surface area contributed by atoms with E-state index in [4.69, 9.17) is 18.9 Å². The van der Waals surface area contributed by atoms with E-state index in [1.54, 1.807) is 54.6 Å². The third-order valence-electron chi connectivity index (χ3n) is 5.81. The second kappa shape index (κ2) is 14.8. The molecule has 0 saturated carbocycles. The lowest BCUT2D eigenvalue weighted by Crippen LogP contribution is -2.43. The van der Waals surface area contributed by atoms with Gasteiger partial charge in [0.15, 0.2) is 12.2 Å². The van der Waals surface area contributed by atoms with E-state index >= 15 is 0 Å². The number of rotatable bonds is 11. The molecule has 1 N–H and O–H groups in total. The first-order chi connectivity index (χ1) is 19.6. The Kier molecular flexibility index (Phi) is 11.3. The minimum absolute atomic E-state index is 0.00780. The van der Waals surface area contributed by atoms with Crippen molar-refractivity contribution in [1.29, 1.82) is 0 Å². The molecule has 0 aromatic heterocycles. The Morgan fingerprint density at radius 3 is 2.10 bits per heavy atom. The molecule has 0 radical (unpaired) electrons. The lowest BCUT2D eigenvalue weighted by atomic mass is 10.1. The molecule has 2 amide bonds. The smallest absolute Gasteiger partial charge is 0.411 e. The number of ether oxygens (including phenoxy) is 5. The van der Waals surface area contributed by atoms with Crippen LogP contribution in [0.15, 0.2) is 70.8 Å². The highest BCUT2D eigenvalue weighted by Crippen LogP contribution is 2.33. The summed E-state index contributed by atoms with van der Waals surface area (Å²) < 4.78 is 25.8. The molecule has 1 fully saturated rings. The van der Waals surface area contributed by atoms with Crippen LogP contribution in [0.1, 0.15) is 18.1 Å². The molecule has 1 heterocycles. The molecule has 2 aromatic rings. The Morgan fingerprint density at radius 1 is 0.927 bits per heavy atom. The molecular weight excluding hydrogens is 604 g/mol. The monoisotopic (exact) mass is 632 g/mol. The molecule has 13 heteroatoms. The van der Waals surface area contributed by atoms with E-state index in [1.165, 1.54) is 4.90 Å². The Balaban J connectivity index is 1.92. The number of nitrogens with one attached hydrogen (secondary N) is 1. The molecule has 12 nitrogen and oxygen atoms in total. The van der Waals surface area contributed by atoms with Gasteiger partial charge in [0.1, 0.15) is 12.3 Å². The van der Waals surface area contributed by atoms with Gasteiger partial charge in [-0.25, -0.2) is 14.4 Å². The van der Waals surface area contributed by atoms with Crippen molar-refractivity contribution in [2.45, 2.75) is 38.2 Å². The van der Waals surface area contributed by atoms with E-state index in [0.717, 1.165) is 26.7 Å². The number of hydrogen-bond acceptors (Lipinski definition) is 10. The van der Waals surface area contributed by atoms with Gasteiger partial charge < -0.3 is 23.7 Å². The van der Waals surface area contributed by atoms with Gasteiger partial charge in [-0.05, 0) is 27.1 Å². The SMILES string of the molecule is COC(=O)N/C(C(=O)OC)=C(/Br)[C@@H](OC(C)=O)[C@H](OC(=O)Cc1ccccc1)[C@@H]1CN1C(=O)OCc1ccccc1. The van der Waals surface area contributed by atoms with E-state index in [1.807, 2.05) is 6.07 Å². The van der Waals surface area contributed by atoms with Crippen LogP contribution in [0.25, 0.3) is 0 Å². The van der Waals surface area contributed by atoms with E-state index in [2.05, 4.69) is 26.0 Å². The first-order valence-electron chi connectivity index (χ1n) is 12.4. The number of benzene rings is 2. The Bertz CT molecular complexity index is 1290. The van der Waals surface area contributed by atoms with Crippen molar-refractivity contribution in [3.8, 4) is 0 Å². The van der Waals surface area contributed by atoms with Crippen LogP contribution in [0, 0.1) is 0 Å². The van der Waals surface area contributed by atoms with Gasteiger partial charge in [0.25, 0.3) is 0 Å². The summed E-state index contributed by atoms with van der Waals surface area (Å²) in [4.78, 5) is 63.8. The number of esters is 3. The summed E-state index contributed by atoms with van der Waals surface area (Å²) in [6, 6.07) is 17.0. The summed E-state index contributed by atoms with van der Waals surface area (Å²) in [5, 5.41) is 2.21. The predicted molar refractivity (Wildman–Crippen MR) is 146 cm³/mol. The van der Waals surface area contributed by atoms with Crippen LogP contribution in [0.4, 0.5) is 9.59 Å².